The van der Waals surface area contributed by atoms with Crippen molar-refractivity contribution in [1.29, 1.82) is 0 Å². The summed E-state index contributed by atoms with van der Waals surface area (Å²) in [6.45, 7) is 27.0. The molecule has 372 valence electrons. The molecule has 0 saturated heterocycles. The van der Waals surface area contributed by atoms with Crippen LogP contribution in [-0.2, 0) is 29.3 Å². The Morgan fingerprint density at radius 1 is 0.609 bits per heavy atom. The number of benzene rings is 1. The molecule has 0 aromatic heterocycles. The van der Waals surface area contributed by atoms with Crippen molar-refractivity contribution in [3.05, 3.63) is 69.4 Å². The van der Waals surface area contributed by atoms with Crippen LogP contribution in [0.15, 0.2) is 52.7 Å². The molecule has 1 heterocycles. The third-order valence-electron chi connectivity index (χ3n) is 24.2. The minimum atomic E-state index is -2.37. The van der Waals surface area contributed by atoms with Crippen LogP contribution in [0.3, 0.4) is 0 Å². The topological polar surface area (TPSA) is 125 Å². The highest BCUT2D eigenvalue weighted by Crippen LogP contribution is 2.78. The van der Waals surface area contributed by atoms with Gasteiger partial charge in [0.25, 0.3) is 0 Å². The predicted octanol–water partition coefficient (Wildman–Crippen LogP) is 12.1. The van der Waals surface area contributed by atoms with Gasteiger partial charge in [-0.25, -0.2) is 0 Å². The van der Waals surface area contributed by atoms with E-state index >= 15 is 0 Å². The zero-order valence-electron chi connectivity index (χ0n) is 44.2. The lowest BCUT2D eigenvalue weighted by molar-refractivity contribution is -0.231. The second kappa shape index (κ2) is 13.7. The number of allylic oxidation sites excluding steroid dienone is 5. The van der Waals surface area contributed by atoms with Crippen molar-refractivity contribution in [3.8, 4) is 11.5 Å². The maximum Gasteiger partial charge on any atom is 0.317 e. The van der Waals surface area contributed by atoms with Gasteiger partial charge in [-0.1, -0.05) is 73.1 Å². The summed E-state index contributed by atoms with van der Waals surface area (Å²) in [6, 6.07) is 1.91. The van der Waals surface area contributed by atoms with Crippen molar-refractivity contribution in [3.63, 3.8) is 0 Å². The van der Waals surface area contributed by atoms with Gasteiger partial charge >= 0.3 is 17.7 Å². The van der Waals surface area contributed by atoms with Crippen LogP contribution in [0.1, 0.15) is 188 Å². The Bertz CT molecular complexity index is 2720. The fraction of sp³-hybridized carbons (Fsp3) is 0.700. The second-order valence-electron chi connectivity index (χ2n) is 27.2. The first-order chi connectivity index (χ1) is 32.0. The van der Waals surface area contributed by atoms with Gasteiger partial charge in [-0.3, -0.25) is 19.2 Å². The van der Waals surface area contributed by atoms with Crippen molar-refractivity contribution in [1.82, 2.24) is 0 Å². The second-order valence-corrected chi connectivity index (χ2v) is 27.2. The van der Waals surface area contributed by atoms with Crippen LogP contribution in [-0.4, -0.2) is 54.2 Å². The fourth-order valence-corrected chi connectivity index (χ4v) is 18.9. The van der Waals surface area contributed by atoms with Gasteiger partial charge < -0.3 is 24.1 Å². The van der Waals surface area contributed by atoms with E-state index in [0.29, 0.717) is 22.8 Å². The molecule has 9 nitrogen and oxygen atoms in total. The molecule has 69 heavy (non-hydrogen) atoms. The molecule has 1 aliphatic heterocycles. The molecule has 0 unspecified atom stereocenters. The molecule has 1 N–H and O–H groups in total. The van der Waals surface area contributed by atoms with Gasteiger partial charge in [0.2, 0.25) is 11.4 Å². The molecule has 6 saturated carbocycles. The molecule has 9 heteroatoms. The normalized spacial score (nSPS) is 48.9. The minimum Gasteiger partial charge on any atom is -0.471 e. The summed E-state index contributed by atoms with van der Waals surface area (Å²) in [5, 5.41) is 12.9. The number of rotatable bonds is 2. The molecule has 0 radical (unpaired) electrons. The Morgan fingerprint density at radius 2 is 1.12 bits per heavy atom. The van der Waals surface area contributed by atoms with E-state index in [0.717, 1.165) is 112 Å². The summed E-state index contributed by atoms with van der Waals surface area (Å²) >= 11 is 0. The Kier molecular flexibility index (Phi) is 9.43. The average molecular weight is 943 g/mol. The third kappa shape index (κ3) is 5.38. The van der Waals surface area contributed by atoms with Gasteiger partial charge in [-0.05, 0) is 197 Å². The van der Waals surface area contributed by atoms with E-state index in [2.05, 4.69) is 81.4 Å². The number of ketones is 2. The van der Waals surface area contributed by atoms with Crippen LogP contribution < -0.4 is 9.47 Å². The largest absolute Gasteiger partial charge is 0.471 e. The summed E-state index contributed by atoms with van der Waals surface area (Å²) in [4.78, 5) is 56.5. The van der Waals surface area contributed by atoms with Gasteiger partial charge in [0, 0.05) is 27.5 Å². The van der Waals surface area contributed by atoms with Crippen LogP contribution in [0.4, 0.5) is 0 Å². The fourth-order valence-electron chi connectivity index (χ4n) is 18.9. The number of ether oxygens (including phenoxy) is 4. The quantitative estimate of drug-likeness (QED) is 0.289. The minimum absolute atomic E-state index is 0.0570. The van der Waals surface area contributed by atoms with E-state index in [1.165, 1.54) is 19.8 Å². The molecule has 6 fully saturated rings. The Balaban J connectivity index is 0.968. The SMILES string of the molecule is COC(=O)[C@]1(C)CC[C@]2(C)CC[C@]3(C)C4=CC=C5C(=CC(=O)[C@@]6(O)Oc7cc8c(c(C)c7O[C@@]56C)C(=O)C=C5[C@@]8(C)CC[C@@]6(C)[C@@H]7C[C@](C)(C(=O)OC)CC[C@]7(C)CC[C@]56C)[C@]4(C)CC[C@@]3(C)[C@@H]2C1. The molecular formula is C60H78O9. The molecule has 9 aliphatic carbocycles. The molecule has 0 spiro atoms. The Labute approximate surface area is 410 Å². The number of carbonyl (C=O) groups excluding carboxylic acids is 4. The summed E-state index contributed by atoms with van der Waals surface area (Å²) in [5.74, 6) is -1.99. The number of fused-ring (bicyclic) bond motifs is 17. The third-order valence-corrected chi connectivity index (χ3v) is 24.2. The van der Waals surface area contributed by atoms with Crippen LogP contribution in [0.5, 0.6) is 11.5 Å². The average Bonchev–Trinajstić information content (AvgIpc) is 3.30. The van der Waals surface area contributed by atoms with E-state index in [1.807, 2.05) is 19.1 Å². The lowest BCUT2D eigenvalue weighted by Gasteiger charge is -2.70. The van der Waals surface area contributed by atoms with E-state index in [-0.39, 0.29) is 61.9 Å². The smallest absolute Gasteiger partial charge is 0.317 e. The number of esters is 2. The summed E-state index contributed by atoms with van der Waals surface area (Å²) in [6.07, 6.45) is 20.5. The number of hydrogen-bond donors (Lipinski definition) is 1. The van der Waals surface area contributed by atoms with Crippen molar-refractivity contribution >= 4 is 23.5 Å². The lowest BCUT2D eigenvalue weighted by atomic mass is 9.34. The van der Waals surface area contributed by atoms with Crippen LogP contribution in [0.25, 0.3) is 0 Å². The van der Waals surface area contributed by atoms with Crippen LogP contribution >= 0.6 is 0 Å². The molecule has 10 aliphatic rings. The molecular weight excluding hydrogens is 865 g/mol. The Morgan fingerprint density at radius 3 is 1.65 bits per heavy atom. The van der Waals surface area contributed by atoms with E-state index in [4.69, 9.17) is 18.9 Å². The first-order valence-electron chi connectivity index (χ1n) is 26.4. The molecule has 11 rings (SSSR count). The first-order valence-corrected chi connectivity index (χ1v) is 26.4. The van der Waals surface area contributed by atoms with Gasteiger partial charge in [-0.2, -0.15) is 0 Å². The summed E-state index contributed by atoms with van der Waals surface area (Å²) in [7, 11) is 3.01. The number of aliphatic hydroxyl groups is 1. The van der Waals surface area contributed by atoms with Crippen LogP contribution in [0.2, 0.25) is 0 Å². The van der Waals surface area contributed by atoms with Crippen molar-refractivity contribution in [2.24, 2.45) is 60.6 Å². The van der Waals surface area contributed by atoms with Crippen LogP contribution in [0, 0.1) is 67.5 Å². The molecule has 0 amide bonds. The monoisotopic (exact) mass is 943 g/mol. The molecule has 0 bridgehead atoms. The summed E-state index contributed by atoms with van der Waals surface area (Å²) < 4.78 is 24.7. The van der Waals surface area contributed by atoms with E-state index in [9.17, 15) is 24.3 Å². The summed E-state index contributed by atoms with van der Waals surface area (Å²) in [5.41, 5.74) is 1.75. The van der Waals surface area contributed by atoms with Gasteiger partial charge in [0.1, 0.15) is 0 Å². The number of methoxy groups -OCH3 is 2. The molecule has 14 atom stereocenters. The van der Waals surface area contributed by atoms with E-state index < -0.39 is 38.8 Å². The van der Waals surface area contributed by atoms with Crippen molar-refractivity contribution in [2.75, 3.05) is 14.2 Å². The van der Waals surface area contributed by atoms with Crippen molar-refractivity contribution < 1.29 is 43.2 Å². The lowest BCUT2D eigenvalue weighted by Crippen LogP contribution is -2.70. The van der Waals surface area contributed by atoms with E-state index in [1.54, 1.807) is 13.0 Å². The Hall–Kier alpha value is -3.98. The van der Waals surface area contributed by atoms with Crippen molar-refractivity contribution in [2.45, 2.75) is 190 Å². The first kappa shape index (κ1) is 47.4. The zero-order chi connectivity index (χ0) is 49.9. The maximum absolute atomic E-state index is 15.0. The predicted molar refractivity (Wildman–Crippen MR) is 263 cm³/mol. The maximum atomic E-state index is 15.0. The van der Waals surface area contributed by atoms with Gasteiger partial charge in [0.15, 0.2) is 17.3 Å². The van der Waals surface area contributed by atoms with Gasteiger partial charge in [0.05, 0.1) is 25.0 Å². The zero-order valence-corrected chi connectivity index (χ0v) is 44.2. The molecule has 1 aromatic carbocycles. The number of hydrogen-bond acceptors (Lipinski definition) is 9. The highest BCUT2D eigenvalue weighted by Gasteiger charge is 2.72. The highest BCUT2D eigenvalue weighted by atomic mass is 16.7. The van der Waals surface area contributed by atoms with Gasteiger partial charge in [-0.15, -0.1) is 0 Å². The number of carbonyl (C=O) groups is 4. The standard InChI is InChI=1S/C60H78O9/c1-34-45-37(54(7)24-28-58(11)43-33-52(5,48(64)67-14)20-18-50(43,3)22-26-56(58,9)41(54)31-38(45)61)29-39-46(34)69-59(12)35-15-16-40-53(6,36(35)30-44(62)60(59,65)68-39)23-27-57(10)42-32-51(4,47(63)66-13)19-17-49(42,2)21-25-55(40,57)8/h15-16,29-31,42-43,65H,17-28,32-33H2,1-14H3/t42-,43-,49-,50-,51-,52-,53+,54+,55-,56-,57+,58+,59+,60-/m1/s1. The molecule has 1 aromatic rings. The highest BCUT2D eigenvalue weighted by molar-refractivity contribution is 6.10.